The maximum atomic E-state index is 11.1. The summed E-state index contributed by atoms with van der Waals surface area (Å²) in [6.45, 7) is 6.57. The Morgan fingerprint density at radius 1 is 1.11 bits per heavy atom. The van der Waals surface area contributed by atoms with Gasteiger partial charge in [-0.2, -0.15) is 0 Å². The Morgan fingerprint density at radius 3 is 2.26 bits per heavy atom. The van der Waals surface area contributed by atoms with E-state index < -0.39 is 11.9 Å². The van der Waals surface area contributed by atoms with Gasteiger partial charge in [0.25, 0.3) is 5.91 Å². The van der Waals surface area contributed by atoms with E-state index in [1.807, 2.05) is 32.0 Å². The number of hydrogen-bond donors (Lipinski definition) is 2. The summed E-state index contributed by atoms with van der Waals surface area (Å²) in [4.78, 5) is 36.4. The summed E-state index contributed by atoms with van der Waals surface area (Å²) in [5.41, 5.74) is 6.33. The van der Waals surface area contributed by atoms with Gasteiger partial charge >= 0.3 is 11.9 Å². The van der Waals surface area contributed by atoms with Crippen molar-refractivity contribution in [3.05, 3.63) is 53.9 Å². The number of aliphatic hydroxyl groups is 1. The molecular formula is C25H36N2O8. The molecule has 35 heavy (non-hydrogen) atoms. The molecule has 1 unspecified atom stereocenters. The topological polar surface area (TPSA) is 147 Å². The Bertz CT molecular complexity index is 890. The summed E-state index contributed by atoms with van der Waals surface area (Å²) in [5, 5.41) is 7.57. The Balaban J connectivity index is 0.000000597. The van der Waals surface area contributed by atoms with Crippen molar-refractivity contribution in [3.63, 3.8) is 0 Å². The Kier molecular flexibility index (Phi) is 16.8. The number of esters is 2. The predicted molar refractivity (Wildman–Crippen MR) is 130 cm³/mol. The first kappa shape index (κ1) is 31.3. The molecule has 2 rings (SSSR count). The molecule has 0 fully saturated rings. The highest BCUT2D eigenvalue weighted by Crippen LogP contribution is 2.29. The van der Waals surface area contributed by atoms with Crippen molar-refractivity contribution in [2.75, 3.05) is 20.5 Å². The molecule has 1 aromatic carbocycles. The number of hydrogen-bond acceptors (Lipinski definition) is 9. The van der Waals surface area contributed by atoms with E-state index in [1.54, 1.807) is 6.92 Å². The number of ether oxygens (including phenoxy) is 4. The lowest BCUT2D eigenvalue weighted by Crippen LogP contribution is -2.17. The van der Waals surface area contributed by atoms with Crippen LogP contribution in [-0.2, 0) is 25.5 Å². The molecule has 0 spiro atoms. The lowest BCUT2D eigenvalue weighted by Gasteiger charge is -2.12. The second kappa shape index (κ2) is 18.7. The number of nitrogens with two attached hydrogens (primary N) is 1. The fraction of sp³-hybridized carbons (Fsp3) is 0.440. The smallest absolute Gasteiger partial charge is 0.305 e. The third kappa shape index (κ3) is 14.3. The normalized spacial score (nSPS) is 10.3. The largest absolute Gasteiger partial charge is 0.493 e. The van der Waals surface area contributed by atoms with E-state index in [0.29, 0.717) is 6.42 Å². The number of amides is 1. The molecule has 3 N–H and O–H groups in total. The summed E-state index contributed by atoms with van der Waals surface area (Å²) < 4.78 is 19.8. The van der Waals surface area contributed by atoms with Gasteiger partial charge in [0.15, 0.2) is 17.2 Å². The van der Waals surface area contributed by atoms with Gasteiger partial charge in [0.1, 0.15) is 0 Å². The minimum absolute atomic E-state index is 0.0117. The number of rotatable bonds is 10. The third-order valence-corrected chi connectivity index (χ3v) is 4.09. The van der Waals surface area contributed by atoms with Crippen LogP contribution in [0.3, 0.4) is 0 Å². The molecule has 1 atom stereocenters. The molecule has 2 aromatic rings. The molecule has 10 nitrogen and oxygen atoms in total. The zero-order valence-corrected chi connectivity index (χ0v) is 21.0. The molecule has 0 bridgehead atoms. The van der Waals surface area contributed by atoms with E-state index in [2.05, 4.69) is 21.9 Å². The van der Waals surface area contributed by atoms with Gasteiger partial charge in [-0.3, -0.25) is 14.4 Å². The van der Waals surface area contributed by atoms with Gasteiger partial charge < -0.3 is 29.8 Å². The molecule has 10 heteroatoms. The minimum atomic E-state index is -0.762. The lowest BCUT2D eigenvalue weighted by atomic mass is 10.1. The van der Waals surface area contributed by atoms with Gasteiger partial charge in [-0.15, -0.1) is 0 Å². The van der Waals surface area contributed by atoms with Crippen LogP contribution in [0.2, 0.25) is 0 Å². The third-order valence-electron chi connectivity index (χ3n) is 4.09. The average Bonchev–Trinajstić information content (AvgIpc) is 2.84. The quantitative estimate of drug-likeness (QED) is 0.377. The van der Waals surface area contributed by atoms with Crippen LogP contribution in [0.15, 0.2) is 42.6 Å². The zero-order chi connectivity index (χ0) is 26.6. The maximum absolute atomic E-state index is 11.1. The van der Waals surface area contributed by atoms with Crippen LogP contribution in [0.1, 0.15) is 56.6 Å². The number of pyridine rings is 1. The summed E-state index contributed by atoms with van der Waals surface area (Å²) in [6.07, 6.45) is 3.67. The first-order valence-electron chi connectivity index (χ1n) is 11.1. The number of methoxy groups -OCH3 is 1. The first-order chi connectivity index (χ1) is 16.7. The SMILES string of the molecule is CCC(=O)OC(C)CCc1ccccc1.CCO.COc1ccnc(C(N)=O)c1OCOC(C)=O. The van der Waals surface area contributed by atoms with Crippen molar-refractivity contribution in [2.45, 2.75) is 53.1 Å². The molecule has 1 heterocycles. The number of carbonyl (C=O) groups is 3. The van der Waals surface area contributed by atoms with E-state index in [-0.39, 0.29) is 42.7 Å². The molecular weight excluding hydrogens is 456 g/mol. The highest BCUT2D eigenvalue weighted by Gasteiger charge is 2.16. The lowest BCUT2D eigenvalue weighted by molar-refractivity contribution is -0.148. The first-order valence-corrected chi connectivity index (χ1v) is 11.1. The van der Waals surface area contributed by atoms with Crippen LogP contribution in [0, 0.1) is 0 Å². The van der Waals surface area contributed by atoms with Crippen LogP contribution in [0.5, 0.6) is 11.5 Å². The van der Waals surface area contributed by atoms with Crippen LogP contribution in [-0.4, -0.2) is 54.5 Å². The van der Waals surface area contributed by atoms with Gasteiger partial charge in [0.2, 0.25) is 6.79 Å². The Labute approximate surface area is 206 Å². The summed E-state index contributed by atoms with van der Waals surface area (Å²) in [7, 11) is 1.40. The zero-order valence-electron chi connectivity index (χ0n) is 21.0. The number of aromatic nitrogens is 1. The molecule has 1 amide bonds. The highest BCUT2D eigenvalue weighted by atomic mass is 16.7. The van der Waals surface area contributed by atoms with Crippen LogP contribution >= 0.6 is 0 Å². The number of nitrogens with zero attached hydrogens (tertiary/aromatic N) is 1. The second-order valence-corrected chi connectivity index (χ2v) is 6.95. The number of aryl methyl sites for hydroxylation is 1. The molecule has 0 saturated heterocycles. The second-order valence-electron chi connectivity index (χ2n) is 6.95. The molecule has 0 aliphatic heterocycles. The van der Waals surface area contributed by atoms with Gasteiger partial charge in [-0.1, -0.05) is 37.3 Å². The maximum Gasteiger partial charge on any atom is 0.305 e. The Hall–Kier alpha value is -3.66. The van der Waals surface area contributed by atoms with Gasteiger partial charge in [0, 0.05) is 32.2 Å². The Morgan fingerprint density at radius 2 is 1.74 bits per heavy atom. The molecule has 0 radical (unpaired) electrons. The monoisotopic (exact) mass is 492 g/mol. The summed E-state index contributed by atoms with van der Waals surface area (Å²) in [6, 6.07) is 11.7. The highest BCUT2D eigenvalue weighted by molar-refractivity contribution is 5.94. The van der Waals surface area contributed by atoms with Crippen molar-refractivity contribution in [1.29, 1.82) is 0 Å². The van der Waals surface area contributed by atoms with Crippen molar-refractivity contribution in [2.24, 2.45) is 5.73 Å². The molecule has 194 valence electrons. The number of primary amides is 1. The van der Waals surface area contributed by atoms with E-state index in [4.69, 9.17) is 25.1 Å². The van der Waals surface area contributed by atoms with E-state index in [1.165, 1.54) is 31.9 Å². The fourth-order valence-electron chi connectivity index (χ4n) is 2.46. The van der Waals surface area contributed by atoms with Crippen molar-refractivity contribution >= 4 is 17.8 Å². The number of aliphatic hydroxyl groups excluding tert-OH is 1. The summed E-state index contributed by atoms with van der Waals surface area (Å²) >= 11 is 0. The minimum Gasteiger partial charge on any atom is -0.493 e. The molecule has 0 saturated carbocycles. The molecule has 0 aliphatic carbocycles. The van der Waals surface area contributed by atoms with Crippen LogP contribution in [0.4, 0.5) is 0 Å². The van der Waals surface area contributed by atoms with Gasteiger partial charge in [0.05, 0.1) is 13.2 Å². The van der Waals surface area contributed by atoms with Gasteiger partial charge in [-0.25, -0.2) is 4.98 Å². The van der Waals surface area contributed by atoms with E-state index in [9.17, 15) is 14.4 Å². The molecule has 0 aliphatic rings. The predicted octanol–water partition coefficient (Wildman–Crippen LogP) is 3.05. The van der Waals surface area contributed by atoms with Crippen molar-refractivity contribution in [3.8, 4) is 11.5 Å². The van der Waals surface area contributed by atoms with Crippen molar-refractivity contribution in [1.82, 2.24) is 4.98 Å². The van der Waals surface area contributed by atoms with Crippen LogP contribution < -0.4 is 15.2 Å². The van der Waals surface area contributed by atoms with Crippen molar-refractivity contribution < 1.29 is 38.4 Å². The fourth-order valence-corrected chi connectivity index (χ4v) is 2.46. The summed E-state index contributed by atoms with van der Waals surface area (Å²) in [5.74, 6) is -1.06. The average molecular weight is 493 g/mol. The van der Waals surface area contributed by atoms with Gasteiger partial charge in [-0.05, 0) is 32.3 Å². The van der Waals surface area contributed by atoms with E-state index >= 15 is 0 Å². The standard InChI is InChI=1S/C13H18O2.C10H12N2O5.C2H6O/c1-3-13(14)15-11(2)9-10-12-7-5-4-6-8-12;1-6(13)16-5-17-9-7(15-2)3-4-12-8(9)10(11)14;1-2-3/h4-8,11H,3,9-10H2,1-2H3;3-4H,5H2,1-2H3,(H2,11,14);3H,2H2,1H3. The van der Waals surface area contributed by atoms with Crippen LogP contribution in [0.25, 0.3) is 0 Å². The number of carbonyl (C=O) groups excluding carboxylic acids is 3. The van der Waals surface area contributed by atoms with E-state index in [0.717, 1.165) is 12.8 Å². The molecule has 1 aromatic heterocycles. The number of benzene rings is 1.